The minimum absolute atomic E-state index is 0.0553. The first-order valence-corrected chi connectivity index (χ1v) is 12.0. The fourth-order valence-corrected chi connectivity index (χ4v) is 5.29. The Kier molecular flexibility index (Phi) is 8.10. The summed E-state index contributed by atoms with van der Waals surface area (Å²) in [5.41, 5.74) is 1.33. The molecule has 0 saturated heterocycles. The van der Waals surface area contributed by atoms with Crippen molar-refractivity contribution in [2.45, 2.75) is 46.1 Å². The number of ether oxygens (including phenoxy) is 1. The number of nitrogens with zero attached hydrogens (tertiary/aromatic N) is 3. The number of carbonyl (C=O) groups excluding carboxylic acids is 2. The topological polar surface area (TPSA) is 96.9 Å². The van der Waals surface area contributed by atoms with Gasteiger partial charge in [-0.1, -0.05) is 19.9 Å². The molecule has 0 spiro atoms. The number of aromatic nitrogens is 1. The zero-order chi connectivity index (χ0) is 22.5. The van der Waals surface area contributed by atoms with Crippen LogP contribution in [0.1, 0.15) is 49.3 Å². The number of rotatable bonds is 9. The molecular formula is C20H27N3O5S2. The van der Waals surface area contributed by atoms with E-state index in [1.54, 1.807) is 32.2 Å². The lowest BCUT2D eigenvalue weighted by Crippen LogP contribution is -2.30. The molecule has 0 unspecified atom stereocenters. The highest BCUT2D eigenvalue weighted by molar-refractivity contribution is 7.89. The summed E-state index contributed by atoms with van der Waals surface area (Å²) in [6.45, 7) is 9.67. The van der Waals surface area contributed by atoms with Gasteiger partial charge in [-0.2, -0.15) is 4.31 Å². The lowest BCUT2D eigenvalue weighted by Gasteiger charge is -2.19. The second-order valence-electron chi connectivity index (χ2n) is 6.53. The molecule has 0 N–H and O–H groups in total. The first kappa shape index (κ1) is 24.0. The van der Waals surface area contributed by atoms with Crippen molar-refractivity contribution in [1.82, 2.24) is 9.29 Å². The predicted molar refractivity (Wildman–Crippen MR) is 116 cm³/mol. The molecule has 164 valence electrons. The number of esters is 1. The summed E-state index contributed by atoms with van der Waals surface area (Å²) >= 11 is 1.29. The highest BCUT2D eigenvalue weighted by Gasteiger charge is 2.24. The van der Waals surface area contributed by atoms with Gasteiger partial charge in [0.2, 0.25) is 15.9 Å². The maximum atomic E-state index is 12.7. The van der Waals surface area contributed by atoms with Gasteiger partial charge in [-0.05, 0) is 31.5 Å². The van der Waals surface area contributed by atoms with E-state index in [1.807, 2.05) is 6.92 Å². The van der Waals surface area contributed by atoms with E-state index in [2.05, 4.69) is 4.98 Å². The monoisotopic (exact) mass is 453 g/mol. The van der Waals surface area contributed by atoms with Gasteiger partial charge in [0.1, 0.15) is 6.61 Å². The Morgan fingerprint density at radius 1 is 1.13 bits per heavy atom. The molecule has 2 rings (SSSR count). The standard InChI is InChI=1S/C20H27N3O5S2/c1-6-22(7-2)30(26,27)17-10-9-14(4)18(11-17)19(25)28-12-16-13-29-20(21-16)23(8-3)15(5)24/h9-11,13H,6-8,12H2,1-5H3. The predicted octanol–water partition coefficient (Wildman–Crippen LogP) is 3.21. The highest BCUT2D eigenvalue weighted by Crippen LogP contribution is 2.23. The number of thiazole rings is 1. The Labute approximate surface area is 181 Å². The summed E-state index contributed by atoms with van der Waals surface area (Å²) in [5, 5.41) is 2.27. The van der Waals surface area contributed by atoms with Gasteiger partial charge >= 0.3 is 5.97 Å². The smallest absolute Gasteiger partial charge is 0.338 e. The van der Waals surface area contributed by atoms with E-state index in [0.29, 0.717) is 36.0 Å². The Hall–Kier alpha value is -2.30. The summed E-state index contributed by atoms with van der Waals surface area (Å²) in [7, 11) is -3.68. The van der Waals surface area contributed by atoms with Crippen molar-refractivity contribution >= 4 is 38.4 Å². The van der Waals surface area contributed by atoms with Crippen molar-refractivity contribution in [2.75, 3.05) is 24.5 Å². The average Bonchev–Trinajstić information content (AvgIpc) is 3.15. The SMILES string of the molecule is CCN(C(C)=O)c1nc(COC(=O)c2cc(S(=O)(=O)N(CC)CC)ccc2C)cs1. The summed E-state index contributed by atoms with van der Waals surface area (Å²) in [4.78, 5) is 30.2. The van der Waals surface area contributed by atoms with Crippen LogP contribution in [0, 0.1) is 6.92 Å². The zero-order valence-corrected chi connectivity index (χ0v) is 19.5. The fraction of sp³-hybridized carbons (Fsp3) is 0.450. The molecule has 0 aliphatic rings. The Bertz CT molecular complexity index is 1010. The highest BCUT2D eigenvalue weighted by atomic mass is 32.2. The number of anilines is 1. The lowest BCUT2D eigenvalue weighted by atomic mass is 10.1. The lowest BCUT2D eigenvalue weighted by molar-refractivity contribution is -0.116. The molecule has 0 aliphatic carbocycles. The summed E-state index contributed by atoms with van der Waals surface area (Å²) < 4.78 is 32.2. The van der Waals surface area contributed by atoms with Gasteiger partial charge in [0, 0.05) is 31.9 Å². The first-order valence-electron chi connectivity index (χ1n) is 9.66. The number of sulfonamides is 1. The minimum atomic E-state index is -3.68. The van der Waals surface area contributed by atoms with Gasteiger partial charge in [0.05, 0.1) is 16.2 Å². The summed E-state index contributed by atoms with van der Waals surface area (Å²) in [6, 6.07) is 4.44. The fourth-order valence-electron chi connectivity index (χ4n) is 2.89. The Balaban J connectivity index is 2.18. The van der Waals surface area contributed by atoms with Crippen LogP contribution in [0.2, 0.25) is 0 Å². The van der Waals surface area contributed by atoms with Crippen LogP contribution in [-0.4, -0.2) is 49.2 Å². The number of carbonyl (C=O) groups is 2. The molecule has 8 nitrogen and oxygen atoms in total. The van der Waals surface area contributed by atoms with Crippen LogP contribution in [0.15, 0.2) is 28.5 Å². The molecule has 30 heavy (non-hydrogen) atoms. The average molecular weight is 454 g/mol. The Morgan fingerprint density at radius 2 is 1.80 bits per heavy atom. The van der Waals surface area contributed by atoms with Gasteiger partial charge < -0.3 is 4.74 Å². The number of aryl methyl sites for hydroxylation is 1. The van der Waals surface area contributed by atoms with Gasteiger partial charge in [-0.25, -0.2) is 18.2 Å². The molecule has 0 saturated carbocycles. The molecule has 0 fully saturated rings. The van der Waals surface area contributed by atoms with Crippen LogP contribution in [0.3, 0.4) is 0 Å². The maximum Gasteiger partial charge on any atom is 0.338 e. The third-order valence-electron chi connectivity index (χ3n) is 4.59. The molecule has 0 bridgehead atoms. The molecule has 1 aromatic carbocycles. The summed E-state index contributed by atoms with van der Waals surface area (Å²) in [6.07, 6.45) is 0. The first-order chi connectivity index (χ1) is 14.1. The Morgan fingerprint density at radius 3 is 2.37 bits per heavy atom. The van der Waals surface area contributed by atoms with Crippen LogP contribution in [-0.2, 0) is 26.2 Å². The van der Waals surface area contributed by atoms with E-state index >= 15 is 0 Å². The third kappa shape index (κ3) is 5.24. The van der Waals surface area contributed by atoms with E-state index in [0.717, 1.165) is 0 Å². The number of benzene rings is 1. The quantitative estimate of drug-likeness (QED) is 0.541. The van der Waals surface area contributed by atoms with Crippen molar-refractivity contribution < 1.29 is 22.7 Å². The largest absolute Gasteiger partial charge is 0.456 e. The molecule has 0 aliphatic heterocycles. The van der Waals surface area contributed by atoms with E-state index in [4.69, 9.17) is 4.74 Å². The van der Waals surface area contributed by atoms with Crippen LogP contribution in [0.25, 0.3) is 0 Å². The third-order valence-corrected chi connectivity index (χ3v) is 7.55. The molecule has 1 aromatic heterocycles. The number of hydrogen-bond donors (Lipinski definition) is 0. The molecule has 1 amide bonds. The number of amides is 1. The van der Waals surface area contributed by atoms with Crippen molar-refractivity contribution in [1.29, 1.82) is 0 Å². The van der Waals surface area contributed by atoms with Crippen molar-refractivity contribution in [3.63, 3.8) is 0 Å². The normalized spacial score (nSPS) is 11.5. The van der Waals surface area contributed by atoms with Crippen LogP contribution < -0.4 is 4.90 Å². The molecular weight excluding hydrogens is 426 g/mol. The van der Waals surface area contributed by atoms with Gasteiger partial charge in [0.25, 0.3) is 0 Å². The second kappa shape index (κ2) is 10.1. The van der Waals surface area contributed by atoms with Gasteiger partial charge in [-0.15, -0.1) is 11.3 Å². The zero-order valence-electron chi connectivity index (χ0n) is 17.8. The maximum absolute atomic E-state index is 12.7. The summed E-state index contributed by atoms with van der Waals surface area (Å²) in [5.74, 6) is -0.741. The molecule has 2 aromatic rings. The van der Waals surface area contributed by atoms with E-state index < -0.39 is 16.0 Å². The molecule has 1 heterocycles. The van der Waals surface area contributed by atoms with Crippen molar-refractivity contribution in [3.8, 4) is 0 Å². The number of hydrogen-bond acceptors (Lipinski definition) is 7. The molecule has 0 atom stereocenters. The van der Waals surface area contributed by atoms with E-state index in [9.17, 15) is 18.0 Å². The second-order valence-corrected chi connectivity index (χ2v) is 9.30. The van der Waals surface area contributed by atoms with Gasteiger partial charge in [0.15, 0.2) is 5.13 Å². The van der Waals surface area contributed by atoms with Crippen molar-refractivity contribution in [3.05, 3.63) is 40.4 Å². The van der Waals surface area contributed by atoms with E-state index in [1.165, 1.54) is 39.6 Å². The van der Waals surface area contributed by atoms with E-state index in [-0.39, 0.29) is 23.0 Å². The van der Waals surface area contributed by atoms with Gasteiger partial charge in [-0.3, -0.25) is 9.69 Å². The van der Waals surface area contributed by atoms with Crippen LogP contribution >= 0.6 is 11.3 Å². The van der Waals surface area contributed by atoms with Crippen molar-refractivity contribution in [2.24, 2.45) is 0 Å². The van der Waals surface area contributed by atoms with Crippen LogP contribution in [0.5, 0.6) is 0 Å². The van der Waals surface area contributed by atoms with Crippen LogP contribution in [0.4, 0.5) is 5.13 Å². The molecule has 10 heteroatoms. The molecule has 0 radical (unpaired) electrons. The minimum Gasteiger partial charge on any atom is -0.456 e.